The molecule has 15 heavy (non-hydrogen) atoms. The second-order valence-electron chi connectivity index (χ2n) is 3.70. The van der Waals surface area contributed by atoms with Crippen molar-refractivity contribution < 1.29 is 4.39 Å². The van der Waals surface area contributed by atoms with E-state index in [1.54, 1.807) is 6.07 Å². The summed E-state index contributed by atoms with van der Waals surface area (Å²) in [6, 6.07) is 5.17. The SMILES string of the molecule is CN(C)C.Fc1ccc2[nH]ccc2[c]1[Sn]. The van der Waals surface area contributed by atoms with E-state index in [9.17, 15) is 4.39 Å². The third kappa shape index (κ3) is 3.50. The van der Waals surface area contributed by atoms with Crippen LogP contribution in [0.2, 0.25) is 0 Å². The van der Waals surface area contributed by atoms with E-state index in [-0.39, 0.29) is 5.82 Å². The van der Waals surface area contributed by atoms with Crippen molar-refractivity contribution in [1.82, 2.24) is 9.88 Å². The van der Waals surface area contributed by atoms with Gasteiger partial charge in [-0.15, -0.1) is 0 Å². The zero-order chi connectivity index (χ0) is 11.4. The molecule has 0 fully saturated rings. The van der Waals surface area contributed by atoms with Crippen molar-refractivity contribution in [3.8, 4) is 0 Å². The first-order valence-corrected chi connectivity index (χ1v) is 6.03. The number of nitrogens with one attached hydrogen (secondary N) is 1. The molecule has 1 heterocycles. The minimum absolute atomic E-state index is 0.102. The summed E-state index contributed by atoms with van der Waals surface area (Å²) in [6.45, 7) is 0. The van der Waals surface area contributed by atoms with Gasteiger partial charge in [0.25, 0.3) is 0 Å². The van der Waals surface area contributed by atoms with Gasteiger partial charge in [0.15, 0.2) is 0 Å². The van der Waals surface area contributed by atoms with Gasteiger partial charge < -0.3 is 4.90 Å². The number of hydrogen-bond acceptors (Lipinski definition) is 1. The van der Waals surface area contributed by atoms with E-state index in [1.807, 2.05) is 38.3 Å². The van der Waals surface area contributed by atoms with E-state index in [2.05, 4.69) is 4.98 Å². The van der Waals surface area contributed by atoms with E-state index in [0.717, 1.165) is 37.0 Å². The Labute approximate surface area is 103 Å². The van der Waals surface area contributed by atoms with Gasteiger partial charge in [-0.05, 0) is 21.1 Å². The maximum absolute atomic E-state index is 12.9. The molecule has 0 spiro atoms. The van der Waals surface area contributed by atoms with Crippen molar-refractivity contribution in [3.63, 3.8) is 0 Å². The van der Waals surface area contributed by atoms with Crippen LogP contribution in [0.25, 0.3) is 10.9 Å². The first kappa shape index (κ1) is 12.5. The molecule has 0 atom stereocenters. The Morgan fingerprint density at radius 1 is 1.20 bits per heavy atom. The van der Waals surface area contributed by atoms with Crippen LogP contribution in [0.1, 0.15) is 0 Å². The number of aromatic amines is 1. The molecule has 1 N–H and O–H groups in total. The quantitative estimate of drug-likeness (QED) is 0.726. The van der Waals surface area contributed by atoms with Gasteiger partial charge in [0.2, 0.25) is 0 Å². The molecule has 0 aliphatic heterocycles. The van der Waals surface area contributed by atoms with Crippen molar-refractivity contribution >= 4 is 37.0 Å². The minimum atomic E-state index is -0.102. The van der Waals surface area contributed by atoms with E-state index in [1.165, 1.54) is 6.07 Å². The number of rotatable bonds is 0. The summed E-state index contributed by atoms with van der Waals surface area (Å²) in [5, 5.41) is 1.00. The summed E-state index contributed by atoms with van der Waals surface area (Å²) in [6.07, 6.45) is 1.83. The van der Waals surface area contributed by atoms with Crippen molar-refractivity contribution in [2.45, 2.75) is 0 Å². The Morgan fingerprint density at radius 3 is 2.40 bits per heavy atom. The van der Waals surface area contributed by atoms with Crippen molar-refractivity contribution in [1.29, 1.82) is 0 Å². The second-order valence-corrected chi connectivity index (χ2v) is 5.13. The Bertz CT molecular complexity index is 434. The van der Waals surface area contributed by atoms with Crippen LogP contribution in [-0.4, -0.2) is 53.6 Å². The third-order valence-corrected chi connectivity index (χ3v) is 3.13. The van der Waals surface area contributed by atoms with E-state index in [0.29, 0.717) is 0 Å². The normalized spacial score (nSPS) is 10.3. The standard InChI is InChI=1S/C8H5FN.C3H9N.Sn/c9-7-1-2-8-6(5-7)3-4-10-8;1-4(2)3;/h1-4,10H;1-3H3;. The fraction of sp³-hybridized carbons (Fsp3) is 0.273. The summed E-state index contributed by atoms with van der Waals surface area (Å²) in [5.41, 5.74) is 1.01. The van der Waals surface area contributed by atoms with Gasteiger partial charge in [-0.1, -0.05) is 0 Å². The first-order valence-electron chi connectivity index (χ1n) is 4.60. The molecular weight excluding hydrogens is 298 g/mol. The molecule has 2 nitrogen and oxygen atoms in total. The fourth-order valence-corrected chi connectivity index (χ4v) is 1.97. The number of aromatic nitrogens is 1. The molecule has 0 aliphatic rings. The van der Waals surface area contributed by atoms with Gasteiger partial charge in [-0.2, -0.15) is 0 Å². The van der Waals surface area contributed by atoms with Crippen LogP contribution in [0.5, 0.6) is 0 Å². The van der Waals surface area contributed by atoms with Crippen LogP contribution in [0.3, 0.4) is 0 Å². The average molecular weight is 312 g/mol. The maximum atomic E-state index is 12.9. The molecule has 1 aromatic carbocycles. The van der Waals surface area contributed by atoms with Gasteiger partial charge in [0, 0.05) is 0 Å². The van der Waals surface area contributed by atoms with Gasteiger partial charge in [0.05, 0.1) is 0 Å². The monoisotopic (exact) mass is 313 g/mol. The molecule has 0 amide bonds. The van der Waals surface area contributed by atoms with Gasteiger partial charge >= 0.3 is 76.6 Å². The summed E-state index contributed by atoms with van der Waals surface area (Å²) in [7, 11) is 6.00. The topological polar surface area (TPSA) is 19.0 Å². The van der Waals surface area contributed by atoms with E-state index in [4.69, 9.17) is 0 Å². The molecule has 0 saturated heterocycles. The summed E-state index contributed by atoms with van der Waals surface area (Å²) in [5.74, 6) is -0.102. The number of H-pyrrole nitrogens is 1. The van der Waals surface area contributed by atoms with Gasteiger partial charge in [-0.25, -0.2) is 0 Å². The molecule has 0 unspecified atom stereocenters. The van der Waals surface area contributed by atoms with Gasteiger partial charge in [-0.3, -0.25) is 0 Å². The van der Waals surface area contributed by atoms with Crippen LogP contribution in [0.15, 0.2) is 24.4 Å². The summed E-state index contributed by atoms with van der Waals surface area (Å²) < 4.78 is 13.7. The van der Waals surface area contributed by atoms with E-state index < -0.39 is 0 Å². The molecule has 2 rings (SSSR count). The van der Waals surface area contributed by atoms with Crippen LogP contribution >= 0.6 is 0 Å². The number of fused-ring (bicyclic) bond motifs is 1. The van der Waals surface area contributed by atoms with Crippen LogP contribution in [0.4, 0.5) is 4.39 Å². The van der Waals surface area contributed by atoms with Crippen molar-refractivity contribution in [2.24, 2.45) is 0 Å². The van der Waals surface area contributed by atoms with E-state index >= 15 is 0 Å². The molecular formula is C11H14FN2Sn. The van der Waals surface area contributed by atoms with Crippen molar-refractivity contribution in [3.05, 3.63) is 30.2 Å². The van der Waals surface area contributed by atoms with Crippen LogP contribution < -0.4 is 3.58 Å². The fourth-order valence-electron chi connectivity index (χ4n) is 1.11. The molecule has 3 radical (unpaired) electrons. The zero-order valence-corrected chi connectivity index (χ0v) is 12.0. The predicted octanol–water partition coefficient (Wildman–Crippen LogP) is 1.28. The third-order valence-electron chi connectivity index (χ3n) is 1.68. The molecule has 0 bridgehead atoms. The second kappa shape index (κ2) is 5.51. The first-order chi connectivity index (χ1) is 7.02. The van der Waals surface area contributed by atoms with Crippen LogP contribution in [-0.2, 0) is 0 Å². The summed E-state index contributed by atoms with van der Waals surface area (Å²) >= 11 is 1.12. The zero-order valence-electron chi connectivity index (χ0n) is 9.13. The average Bonchev–Trinajstić information content (AvgIpc) is 2.59. The number of benzene rings is 1. The Balaban J connectivity index is 0.000000245. The summed E-state index contributed by atoms with van der Waals surface area (Å²) in [4.78, 5) is 5.04. The number of nitrogens with zero attached hydrogens (tertiary/aromatic N) is 1. The molecule has 79 valence electrons. The predicted molar refractivity (Wildman–Crippen MR) is 63.3 cm³/mol. The Hall–Kier alpha value is -0.551. The number of halogens is 1. The molecule has 2 aromatic rings. The van der Waals surface area contributed by atoms with Gasteiger partial charge in [0.1, 0.15) is 0 Å². The molecule has 0 saturated carbocycles. The van der Waals surface area contributed by atoms with Crippen LogP contribution in [0, 0.1) is 5.82 Å². The number of hydrogen-bond donors (Lipinski definition) is 1. The molecule has 1 aromatic heterocycles. The Morgan fingerprint density at radius 2 is 1.80 bits per heavy atom. The molecule has 0 aliphatic carbocycles. The van der Waals surface area contributed by atoms with Crippen molar-refractivity contribution in [2.75, 3.05) is 21.1 Å². The molecule has 4 heteroatoms. The Kier molecular flexibility index (Phi) is 4.60.